The SMILES string of the molecule is N#Cc1ccc(COc2cccc(-c3cc(F)c(Cc4nc5ccc(C(=O)O)cc5n4CC45CC(C#N)(CO4)C5)cc3F)n2)c(F)c1. The molecule has 1 aliphatic carbocycles. The summed E-state index contributed by atoms with van der Waals surface area (Å²) in [5, 5.41) is 28.1. The van der Waals surface area contributed by atoms with Crippen LogP contribution in [-0.2, 0) is 24.3 Å². The molecule has 8 rings (SSSR count). The maximum atomic E-state index is 15.7. The third kappa shape index (κ3) is 5.43. The number of aromatic nitrogens is 3. The Labute approximate surface area is 266 Å². The molecule has 1 saturated carbocycles. The van der Waals surface area contributed by atoms with Crippen LogP contribution in [0, 0.1) is 45.5 Å². The van der Waals surface area contributed by atoms with E-state index in [9.17, 15) is 19.6 Å². The lowest BCUT2D eigenvalue weighted by Gasteiger charge is -2.40. The van der Waals surface area contributed by atoms with Crippen molar-refractivity contribution in [2.24, 2.45) is 5.41 Å². The first kappa shape index (κ1) is 30.0. The monoisotopic (exact) mass is 635 g/mol. The molecule has 3 aromatic carbocycles. The Balaban J connectivity index is 1.16. The fraction of sp³-hybridized carbons (Fsp3) is 0.229. The van der Waals surface area contributed by atoms with Gasteiger partial charge in [0.05, 0.1) is 64.2 Å². The summed E-state index contributed by atoms with van der Waals surface area (Å²) in [6.07, 6.45) is 0.931. The number of rotatable bonds is 9. The highest BCUT2D eigenvalue weighted by Gasteiger charge is 2.63. The number of carbonyl (C=O) groups is 1. The number of hydrogen-bond donors (Lipinski definition) is 1. The van der Waals surface area contributed by atoms with E-state index in [0.717, 1.165) is 18.2 Å². The Morgan fingerprint density at radius 3 is 2.51 bits per heavy atom. The predicted octanol–water partition coefficient (Wildman–Crippen LogP) is 6.33. The number of fused-ring (bicyclic) bond motifs is 2. The molecule has 3 fully saturated rings. The number of aromatic carboxylic acids is 1. The van der Waals surface area contributed by atoms with Crippen LogP contribution in [0.4, 0.5) is 13.2 Å². The topological polar surface area (TPSA) is 134 Å². The quantitative estimate of drug-likeness (QED) is 0.199. The molecular weight excluding hydrogens is 611 g/mol. The van der Waals surface area contributed by atoms with E-state index < -0.39 is 34.4 Å². The Morgan fingerprint density at radius 2 is 1.79 bits per heavy atom. The van der Waals surface area contributed by atoms with Crippen molar-refractivity contribution in [3.63, 3.8) is 0 Å². The van der Waals surface area contributed by atoms with Crippen LogP contribution < -0.4 is 4.74 Å². The highest BCUT2D eigenvalue weighted by atomic mass is 19.1. The molecule has 5 aromatic rings. The molecule has 234 valence electrons. The first-order valence-electron chi connectivity index (χ1n) is 14.6. The fourth-order valence-corrected chi connectivity index (χ4v) is 6.47. The van der Waals surface area contributed by atoms with Gasteiger partial charge < -0.3 is 19.1 Å². The first-order valence-corrected chi connectivity index (χ1v) is 14.6. The molecule has 2 saturated heterocycles. The molecule has 2 aliphatic heterocycles. The van der Waals surface area contributed by atoms with E-state index in [1.807, 2.05) is 6.07 Å². The molecular formula is C35H24F3N5O4. The van der Waals surface area contributed by atoms with Gasteiger partial charge in [0.1, 0.15) is 29.9 Å². The van der Waals surface area contributed by atoms with Crippen molar-refractivity contribution in [3.8, 4) is 29.3 Å². The number of halogens is 3. The Kier molecular flexibility index (Phi) is 7.18. The molecule has 3 aliphatic rings. The van der Waals surface area contributed by atoms with Crippen LogP contribution in [0.2, 0.25) is 0 Å². The number of ether oxygens (including phenoxy) is 2. The molecule has 0 unspecified atom stereocenters. The van der Waals surface area contributed by atoms with E-state index in [2.05, 4.69) is 16.0 Å². The lowest BCUT2D eigenvalue weighted by molar-refractivity contribution is -0.0206. The van der Waals surface area contributed by atoms with Crippen LogP contribution in [0.3, 0.4) is 0 Å². The third-order valence-corrected chi connectivity index (χ3v) is 8.78. The molecule has 0 spiro atoms. The summed E-state index contributed by atoms with van der Waals surface area (Å²) in [5.41, 5.74) is 0.271. The second kappa shape index (κ2) is 11.3. The van der Waals surface area contributed by atoms with Gasteiger partial charge in [0.15, 0.2) is 0 Å². The van der Waals surface area contributed by atoms with E-state index in [1.165, 1.54) is 36.4 Å². The van der Waals surface area contributed by atoms with E-state index >= 15 is 8.78 Å². The average molecular weight is 636 g/mol. The van der Waals surface area contributed by atoms with Crippen LogP contribution in [0.1, 0.15) is 45.7 Å². The Morgan fingerprint density at radius 1 is 0.979 bits per heavy atom. The number of carboxylic acid groups (broad SMARTS) is 1. The number of carboxylic acids is 1. The lowest BCUT2D eigenvalue weighted by Crippen LogP contribution is -2.46. The zero-order valence-electron chi connectivity index (χ0n) is 24.6. The standard InChI is InChI=1S/C35H24F3N5O4/c36-25-8-20(13-39)4-5-22(25)14-46-32-3-1-2-28(42-32)24-12-26(37)23(9-27(24)38)11-31-41-29-7-6-21(33(44)45)10-30(29)43(31)18-35-15-34(16-35,17-40)19-47-35/h1-10,12H,11,14-16,18-19H2,(H,44,45). The summed E-state index contributed by atoms with van der Waals surface area (Å²) >= 11 is 0. The largest absolute Gasteiger partial charge is 0.478 e. The number of imidazole rings is 1. The Bertz CT molecular complexity index is 2180. The summed E-state index contributed by atoms with van der Waals surface area (Å²) in [5.74, 6) is -2.72. The molecule has 0 atom stereocenters. The second-order valence-corrected chi connectivity index (χ2v) is 12.0. The molecule has 12 heteroatoms. The fourth-order valence-electron chi connectivity index (χ4n) is 6.47. The van der Waals surface area contributed by atoms with Gasteiger partial charge in [-0.05, 0) is 66.9 Å². The van der Waals surface area contributed by atoms with E-state index in [1.54, 1.807) is 16.7 Å². The first-order chi connectivity index (χ1) is 22.6. The van der Waals surface area contributed by atoms with Gasteiger partial charge in [-0.2, -0.15) is 10.5 Å². The van der Waals surface area contributed by atoms with Crippen molar-refractivity contribution >= 4 is 17.0 Å². The van der Waals surface area contributed by atoms with Gasteiger partial charge in [-0.15, -0.1) is 0 Å². The predicted molar refractivity (Wildman–Crippen MR) is 160 cm³/mol. The van der Waals surface area contributed by atoms with Gasteiger partial charge in [0, 0.05) is 23.6 Å². The van der Waals surface area contributed by atoms with Crippen LogP contribution in [0.25, 0.3) is 22.3 Å². The van der Waals surface area contributed by atoms with Crippen LogP contribution in [-0.4, -0.2) is 37.8 Å². The molecule has 9 nitrogen and oxygen atoms in total. The average Bonchev–Trinajstić information content (AvgIpc) is 3.71. The van der Waals surface area contributed by atoms with Gasteiger partial charge in [-0.3, -0.25) is 0 Å². The minimum absolute atomic E-state index is 0.0229. The molecule has 1 N–H and O–H groups in total. The zero-order valence-corrected chi connectivity index (χ0v) is 24.6. The summed E-state index contributed by atoms with van der Waals surface area (Å²) in [4.78, 5) is 20.6. The summed E-state index contributed by atoms with van der Waals surface area (Å²) in [6, 6.07) is 19.3. The number of nitrogens with zero attached hydrogens (tertiary/aromatic N) is 5. The maximum Gasteiger partial charge on any atom is 0.335 e. The number of benzene rings is 3. The minimum atomic E-state index is -1.11. The van der Waals surface area contributed by atoms with Gasteiger partial charge in [0.25, 0.3) is 0 Å². The van der Waals surface area contributed by atoms with Gasteiger partial charge in [0.2, 0.25) is 5.88 Å². The van der Waals surface area contributed by atoms with Crippen molar-refractivity contribution in [2.75, 3.05) is 6.61 Å². The zero-order chi connectivity index (χ0) is 32.9. The summed E-state index contributed by atoms with van der Waals surface area (Å²) < 4.78 is 58.9. The normalized spacial score (nSPS) is 19.6. The van der Waals surface area contributed by atoms with Gasteiger partial charge in [-0.1, -0.05) is 12.1 Å². The maximum absolute atomic E-state index is 15.7. The second-order valence-electron chi connectivity index (χ2n) is 12.0. The van der Waals surface area contributed by atoms with Gasteiger partial charge >= 0.3 is 5.97 Å². The van der Waals surface area contributed by atoms with Crippen molar-refractivity contribution in [1.82, 2.24) is 14.5 Å². The molecule has 0 radical (unpaired) electrons. The van der Waals surface area contributed by atoms with Crippen LogP contribution in [0.5, 0.6) is 5.88 Å². The molecule has 2 bridgehead atoms. The van der Waals surface area contributed by atoms with Crippen LogP contribution in [0.15, 0.2) is 66.7 Å². The molecule has 4 heterocycles. The number of hydrogen-bond acceptors (Lipinski definition) is 7. The van der Waals surface area contributed by atoms with E-state index in [4.69, 9.17) is 14.7 Å². The minimum Gasteiger partial charge on any atom is -0.478 e. The molecule has 47 heavy (non-hydrogen) atoms. The van der Waals surface area contributed by atoms with E-state index in [0.29, 0.717) is 36.3 Å². The van der Waals surface area contributed by atoms with Crippen molar-refractivity contribution in [1.29, 1.82) is 10.5 Å². The molecule has 2 aromatic heterocycles. The van der Waals surface area contributed by atoms with Crippen LogP contribution >= 0.6 is 0 Å². The van der Waals surface area contributed by atoms with Crippen molar-refractivity contribution in [3.05, 3.63) is 112 Å². The smallest absolute Gasteiger partial charge is 0.335 e. The van der Waals surface area contributed by atoms with Crippen molar-refractivity contribution < 1.29 is 32.5 Å². The summed E-state index contributed by atoms with van der Waals surface area (Å²) in [7, 11) is 0. The van der Waals surface area contributed by atoms with E-state index in [-0.39, 0.29) is 59.0 Å². The third-order valence-electron chi connectivity index (χ3n) is 8.78. The lowest BCUT2D eigenvalue weighted by atomic mass is 9.63. The molecule has 0 amide bonds. The number of nitriles is 2. The van der Waals surface area contributed by atoms with Gasteiger partial charge in [-0.25, -0.2) is 27.9 Å². The van der Waals surface area contributed by atoms with Crippen molar-refractivity contribution in [2.45, 2.75) is 38.0 Å². The summed E-state index contributed by atoms with van der Waals surface area (Å²) in [6.45, 7) is 0.388. The highest BCUT2D eigenvalue weighted by molar-refractivity contribution is 5.92. The number of pyridine rings is 1. The highest BCUT2D eigenvalue weighted by Crippen LogP contribution is 2.58. The Hall–Kier alpha value is -5.72.